The van der Waals surface area contributed by atoms with Crippen LogP contribution in [0.2, 0.25) is 0 Å². The number of nitrogens with zero attached hydrogens (tertiary/aromatic N) is 2. The molecular formula is C20H19F2N3O3. The van der Waals surface area contributed by atoms with Crippen molar-refractivity contribution in [3.05, 3.63) is 65.7 Å². The Kier molecular flexibility index (Phi) is 5.13. The highest BCUT2D eigenvalue weighted by Crippen LogP contribution is 2.31. The number of amides is 4. The largest absolute Gasteiger partial charge is 0.325 e. The van der Waals surface area contributed by atoms with E-state index in [1.54, 1.807) is 37.3 Å². The van der Waals surface area contributed by atoms with Gasteiger partial charge in [-0.3, -0.25) is 14.5 Å². The number of hydrogen-bond donors (Lipinski definition) is 1. The van der Waals surface area contributed by atoms with Crippen LogP contribution >= 0.6 is 0 Å². The fourth-order valence-corrected chi connectivity index (χ4v) is 3.24. The second kappa shape index (κ2) is 7.38. The first kappa shape index (κ1) is 19.5. The minimum Gasteiger partial charge on any atom is -0.319 e. The van der Waals surface area contributed by atoms with Crippen molar-refractivity contribution in [2.45, 2.75) is 19.4 Å². The molecule has 4 amide bonds. The van der Waals surface area contributed by atoms with E-state index in [4.69, 9.17) is 0 Å². The zero-order chi connectivity index (χ0) is 20.5. The van der Waals surface area contributed by atoms with Crippen LogP contribution in [0, 0.1) is 11.6 Å². The number of benzene rings is 2. The standard InChI is InChI=1S/C20H19F2N3O3/c1-3-24(14-7-5-4-6-8-14)17(26)12-25-18(27)20(2,23-19(25)28)15-11-13(21)9-10-16(15)22/h4-11H,3,12H2,1-2H3,(H,23,28). The van der Waals surface area contributed by atoms with Gasteiger partial charge in [0, 0.05) is 17.8 Å². The Hall–Kier alpha value is -3.29. The molecule has 2 aromatic rings. The van der Waals surface area contributed by atoms with E-state index in [1.165, 1.54) is 11.8 Å². The highest BCUT2D eigenvalue weighted by molar-refractivity contribution is 6.10. The van der Waals surface area contributed by atoms with Gasteiger partial charge in [0.2, 0.25) is 5.91 Å². The van der Waals surface area contributed by atoms with Gasteiger partial charge in [-0.2, -0.15) is 0 Å². The maximum atomic E-state index is 14.2. The molecule has 1 atom stereocenters. The maximum absolute atomic E-state index is 14.2. The average molecular weight is 387 g/mol. The summed E-state index contributed by atoms with van der Waals surface area (Å²) >= 11 is 0. The lowest BCUT2D eigenvalue weighted by atomic mass is 9.91. The summed E-state index contributed by atoms with van der Waals surface area (Å²) in [6.45, 7) is 2.87. The molecular weight excluding hydrogens is 368 g/mol. The first-order valence-corrected chi connectivity index (χ1v) is 8.73. The van der Waals surface area contributed by atoms with Gasteiger partial charge in [0.25, 0.3) is 5.91 Å². The summed E-state index contributed by atoms with van der Waals surface area (Å²) in [4.78, 5) is 40.1. The predicted molar refractivity (Wildman–Crippen MR) is 98.4 cm³/mol. The Bertz CT molecular complexity index is 936. The smallest absolute Gasteiger partial charge is 0.319 e. The second-order valence-electron chi connectivity index (χ2n) is 6.54. The van der Waals surface area contributed by atoms with Crippen molar-refractivity contribution in [1.29, 1.82) is 0 Å². The number of likely N-dealkylation sites (N-methyl/N-ethyl adjacent to an activating group) is 1. The minimum atomic E-state index is -1.80. The van der Waals surface area contributed by atoms with E-state index in [2.05, 4.69) is 5.32 Å². The highest BCUT2D eigenvalue weighted by Gasteiger charge is 2.51. The molecule has 146 valence electrons. The van der Waals surface area contributed by atoms with E-state index in [0.29, 0.717) is 12.2 Å². The van der Waals surface area contributed by atoms with Gasteiger partial charge in [-0.1, -0.05) is 18.2 Å². The molecule has 0 bridgehead atoms. The Labute approximate surface area is 160 Å². The van der Waals surface area contributed by atoms with E-state index >= 15 is 0 Å². The number of nitrogens with one attached hydrogen (secondary N) is 1. The lowest BCUT2D eigenvalue weighted by Crippen LogP contribution is -2.45. The van der Waals surface area contributed by atoms with Crippen molar-refractivity contribution in [3.8, 4) is 0 Å². The summed E-state index contributed by atoms with van der Waals surface area (Å²) in [7, 11) is 0. The fourth-order valence-electron chi connectivity index (χ4n) is 3.24. The summed E-state index contributed by atoms with van der Waals surface area (Å²) in [5.74, 6) is -2.86. The number of para-hydroxylation sites is 1. The van der Waals surface area contributed by atoms with E-state index in [1.807, 2.05) is 0 Å². The van der Waals surface area contributed by atoms with Crippen LogP contribution in [0.5, 0.6) is 0 Å². The van der Waals surface area contributed by atoms with Crippen LogP contribution < -0.4 is 10.2 Å². The van der Waals surface area contributed by atoms with Crippen molar-refractivity contribution < 1.29 is 23.2 Å². The average Bonchev–Trinajstić information content (AvgIpc) is 2.89. The van der Waals surface area contributed by atoms with E-state index in [0.717, 1.165) is 23.1 Å². The molecule has 0 saturated carbocycles. The van der Waals surface area contributed by atoms with Crippen molar-refractivity contribution in [2.75, 3.05) is 18.0 Å². The number of urea groups is 1. The van der Waals surface area contributed by atoms with Gasteiger partial charge in [0.1, 0.15) is 23.7 Å². The van der Waals surface area contributed by atoms with Crippen LogP contribution in [-0.4, -0.2) is 35.8 Å². The van der Waals surface area contributed by atoms with Gasteiger partial charge in [-0.15, -0.1) is 0 Å². The van der Waals surface area contributed by atoms with Crippen LogP contribution in [0.4, 0.5) is 19.3 Å². The molecule has 2 aromatic carbocycles. The molecule has 1 unspecified atom stereocenters. The van der Waals surface area contributed by atoms with Gasteiger partial charge in [-0.25, -0.2) is 13.6 Å². The summed E-state index contributed by atoms with van der Waals surface area (Å²) in [5, 5.41) is 2.38. The number of hydrogen-bond acceptors (Lipinski definition) is 3. The van der Waals surface area contributed by atoms with Crippen LogP contribution in [-0.2, 0) is 15.1 Å². The molecule has 1 aliphatic heterocycles. The molecule has 0 aromatic heterocycles. The van der Waals surface area contributed by atoms with E-state index in [-0.39, 0.29) is 5.56 Å². The van der Waals surface area contributed by atoms with Gasteiger partial charge in [-0.05, 0) is 44.2 Å². The van der Waals surface area contributed by atoms with E-state index in [9.17, 15) is 23.2 Å². The molecule has 1 heterocycles. The number of carbonyl (C=O) groups excluding carboxylic acids is 3. The third-order valence-corrected chi connectivity index (χ3v) is 4.72. The first-order valence-electron chi connectivity index (χ1n) is 8.73. The molecule has 0 spiro atoms. The Morgan fingerprint density at radius 1 is 1.14 bits per heavy atom. The second-order valence-corrected chi connectivity index (χ2v) is 6.54. The van der Waals surface area contributed by atoms with Crippen LogP contribution in [0.15, 0.2) is 48.5 Å². The molecule has 1 aliphatic rings. The highest BCUT2D eigenvalue weighted by atomic mass is 19.1. The normalized spacial score (nSPS) is 18.9. The van der Waals surface area contributed by atoms with Gasteiger partial charge < -0.3 is 10.2 Å². The van der Waals surface area contributed by atoms with Crippen molar-refractivity contribution >= 4 is 23.5 Å². The summed E-state index contributed by atoms with van der Waals surface area (Å²) < 4.78 is 27.8. The van der Waals surface area contributed by atoms with Crippen LogP contribution in [0.25, 0.3) is 0 Å². The third kappa shape index (κ3) is 3.33. The van der Waals surface area contributed by atoms with Crippen molar-refractivity contribution in [3.63, 3.8) is 0 Å². The molecule has 28 heavy (non-hydrogen) atoms. The zero-order valence-electron chi connectivity index (χ0n) is 15.4. The van der Waals surface area contributed by atoms with E-state index < -0.39 is 41.6 Å². The SMILES string of the molecule is CCN(C(=O)CN1C(=O)NC(C)(c2cc(F)ccc2F)C1=O)c1ccccc1. The molecule has 0 aliphatic carbocycles. The summed E-state index contributed by atoms with van der Waals surface area (Å²) in [6, 6.07) is 10.6. The molecule has 8 heteroatoms. The quantitative estimate of drug-likeness (QED) is 0.802. The lowest BCUT2D eigenvalue weighted by molar-refractivity contribution is -0.134. The lowest BCUT2D eigenvalue weighted by Gasteiger charge is -2.25. The summed E-state index contributed by atoms with van der Waals surface area (Å²) in [5.41, 5.74) is -1.47. The van der Waals surface area contributed by atoms with Crippen LogP contribution in [0.1, 0.15) is 19.4 Å². The third-order valence-electron chi connectivity index (χ3n) is 4.72. The first-order chi connectivity index (χ1) is 13.3. The molecule has 3 rings (SSSR count). The minimum absolute atomic E-state index is 0.295. The molecule has 1 N–H and O–H groups in total. The number of carbonyl (C=O) groups is 3. The maximum Gasteiger partial charge on any atom is 0.325 e. The molecule has 6 nitrogen and oxygen atoms in total. The molecule has 1 saturated heterocycles. The van der Waals surface area contributed by atoms with Crippen LogP contribution in [0.3, 0.4) is 0 Å². The zero-order valence-corrected chi connectivity index (χ0v) is 15.4. The number of imide groups is 1. The molecule has 0 radical (unpaired) electrons. The van der Waals surface area contributed by atoms with Gasteiger partial charge >= 0.3 is 6.03 Å². The Morgan fingerprint density at radius 2 is 1.82 bits per heavy atom. The number of halogens is 2. The van der Waals surface area contributed by atoms with Crippen molar-refractivity contribution in [2.24, 2.45) is 0 Å². The van der Waals surface area contributed by atoms with Gasteiger partial charge in [0.05, 0.1) is 0 Å². The van der Waals surface area contributed by atoms with Gasteiger partial charge in [0.15, 0.2) is 0 Å². The number of anilines is 1. The topological polar surface area (TPSA) is 69.7 Å². The predicted octanol–water partition coefficient (Wildman–Crippen LogP) is 2.78. The summed E-state index contributed by atoms with van der Waals surface area (Å²) in [6.07, 6.45) is 0. The Morgan fingerprint density at radius 3 is 2.46 bits per heavy atom. The fraction of sp³-hybridized carbons (Fsp3) is 0.250. The Balaban J connectivity index is 1.86. The molecule has 1 fully saturated rings. The number of rotatable bonds is 5. The monoisotopic (exact) mass is 387 g/mol. The van der Waals surface area contributed by atoms with Crippen molar-refractivity contribution in [1.82, 2.24) is 10.2 Å².